The van der Waals surface area contributed by atoms with Gasteiger partial charge in [-0.1, -0.05) is 49.4 Å². The summed E-state index contributed by atoms with van der Waals surface area (Å²) in [5, 5.41) is 0. The van der Waals surface area contributed by atoms with Gasteiger partial charge < -0.3 is 4.74 Å². The van der Waals surface area contributed by atoms with Gasteiger partial charge in [0.15, 0.2) is 0 Å². The summed E-state index contributed by atoms with van der Waals surface area (Å²) in [5.74, 6) is 2.41. The summed E-state index contributed by atoms with van der Waals surface area (Å²) in [6.45, 7) is 3.30. The van der Waals surface area contributed by atoms with Crippen LogP contribution in [0.15, 0.2) is 48.5 Å². The lowest BCUT2D eigenvalue weighted by molar-refractivity contribution is 0.188. The highest BCUT2D eigenvalue weighted by molar-refractivity contribution is 7.89. The third-order valence-corrected chi connectivity index (χ3v) is 7.46. The summed E-state index contributed by atoms with van der Waals surface area (Å²) in [5.41, 5.74) is 3.53. The van der Waals surface area contributed by atoms with Gasteiger partial charge in [-0.15, -0.1) is 0 Å². The molecule has 2 aromatic carbocycles. The van der Waals surface area contributed by atoms with E-state index in [0.29, 0.717) is 24.3 Å². The predicted octanol–water partition coefficient (Wildman–Crippen LogP) is 4.26. The van der Waals surface area contributed by atoms with Gasteiger partial charge in [-0.3, -0.25) is 0 Å². The van der Waals surface area contributed by atoms with Crippen LogP contribution in [0, 0.1) is 11.8 Å². The third kappa shape index (κ3) is 4.76. The molecule has 28 heavy (non-hydrogen) atoms. The highest BCUT2D eigenvalue weighted by Crippen LogP contribution is 2.41. The maximum atomic E-state index is 12.2. The van der Waals surface area contributed by atoms with E-state index in [2.05, 4.69) is 42.0 Å². The second kappa shape index (κ2) is 8.26. The molecule has 4 rings (SSSR count). The van der Waals surface area contributed by atoms with E-state index in [4.69, 9.17) is 4.74 Å². The molecule has 2 unspecified atom stereocenters. The molecule has 2 aliphatic rings. The molecule has 1 aliphatic carbocycles. The molecule has 4 nitrogen and oxygen atoms in total. The van der Waals surface area contributed by atoms with Gasteiger partial charge in [-0.2, -0.15) is 0 Å². The summed E-state index contributed by atoms with van der Waals surface area (Å²) in [7, 11) is -3.20. The second-order valence-corrected chi connectivity index (χ2v) is 10.0. The maximum Gasteiger partial charge on any atom is 0.212 e. The predicted molar refractivity (Wildman–Crippen MR) is 112 cm³/mol. The molecule has 0 spiro atoms. The number of nitrogens with one attached hydrogen (secondary N) is 1. The van der Waals surface area contributed by atoms with E-state index in [9.17, 15) is 8.42 Å². The Labute approximate surface area is 168 Å². The Bertz CT molecular complexity index is 907. The van der Waals surface area contributed by atoms with Crippen molar-refractivity contribution >= 4 is 10.0 Å². The Balaban J connectivity index is 1.53. The lowest BCUT2D eigenvalue weighted by Crippen LogP contribution is -2.28. The van der Waals surface area contributed by atoms with Crippen LogP contribution in [-0.2, 0) is 23.0 Å². The molecule has 5 heteroatoms. The quantitative estimate of drug-likeness (QED) is 0.722. The molecule has 0 bridgehead atoms. The summed E-state index contributed by atoms with van der Waals surface area (Å²) >= 11 is 0. The Morgan fingerprint density at radius 3 is 2.57 bits per heavy atom. The normalized spacial score (nSPS) is 21.8. The number of hydrogen-bond donors (Lipinski definition) is 1. The Morgan fingerprint density at radius 2 is 1.86 bits per heavy atom. The van der Waals surface area contributed by atoms with Crippen molar-refractivity contribution in [3.05, 3.63) is 65.2 Å². The average Bonchev–Trinajstić information content (AvgIpc) is 3.51. The van der Waals surface area contributed by atoms with Crippen molar-refractivity contribution in [2.45, 2.75) is 45.1 Å². The van der Waals surface area contributed by atoms with Crippen molar-refractivity contribution in [1.82, 2.24) is 4.72 Å². The molecular weight excluding hydrogens is 370 g/mol. The van der Waals surface area contributed by atoms with Gasteiger partial charge in [0, 0.05) is 12.5 Å². The first-order chi connectivity index (χ1) is 13.5. The first-order valence-electron chi connectivity index (χ1n) is 10.3. The number of rotatable bonds is 8. The van der Waals surface area contributed by atoms with Gasteiger partial charge in [0.2, 0.25) is 10.0 Å². The van der Waals surface area contributed by atoms with Crippen molar-refractivity contribution < 1.29 is 13.2 Å². The van der Waals surface area contributed by atoms with E-state index in [1.165, 1.54) is 11.1 Å². The molecule has 0 amide bonds. The minimum atomic E-state index is -3.20. The molecule has 1 heterocycles. The van der Waals surface area contributed by atoms with Crippen LogP contribution in [0.5, 0.6) is 5.75 Å². The average molecular weight is 400 g/mol. The van der Waals surface area contributed by atoms with Crippen LogP contribution < -0.4 is 9.46 Å². The highest BCUT2D eigenvalue weighted by atomic mass is 32.2. The molecule has 1 N–H and O–H groups in total. The number of benzene rings is 2. The zero-order valence-electron chi connectivity index (χ0n) is 16.4. The fourth-order valence-corrected chi connectivity index (χ4v) is 5.55. The van der Waals surface area contributed by atoms with E-state index in [0.717, 1.165) is 43.6 Å². The monoisotopic (exact) mass is 399 g/mol. The molecule has 2 aromatic rings. The summed E-state index contributed by atoms with van der Waals surface area (Å²) < 4.78 is 33.2. The van der Waals surface area contributed by atoms with Crippen LogP contribution in [0.2, 0.25) is 0 Å². The number of hydrogen-bond acceptors (Lipinski definition) is 3. The fourth-order valence-electron chi connectivity index (χ4n) is 4.09. The smallest absolute Gasteiger partial charge is 0.212 e. The van der Waals surface area contributed by atoms with Gasteiger partial charge >= 0.3 is 0 Å². The first-order valence-corrected chi connectivity index (χ1v) is 12.0. The van der Waals surface area contributed by atoms with Gasteiger partial charge in [0.25, 0.3) is 0 Å². The molecule has 2 atom stereocenters. The van der Waals surface area contributed by atoms with Crippen molar-refractivity contribution in [3.63, 3.8) is 0 Å². The van der Waals surface area contributed by atoms with E-state index < -0.39 is 10.0 Å². The zero-order chi connectivity index (χ0) is 19.6. The van der Waals surface area contributed by atoms with Crippen LogP contribution in [0.1, 0.15) is 48.8 Å². The Kier molecular flexibility index (Phi) is 5.74. The molecule has 1 aliphatic heterocycles. The highest BCUT2D eigenvalue weighted by Gasteiger charge is 2.31. The van der Waals surface area contributed by atoms with E-state index >= 15 is 0 Å². The van der Waals surface area contributed by atoms with Crippen molar-refractivity contribution in [2.75, 3.05) is 12.4 Å². The van der Waals surface area contributed by atoms with Crippen LogP contribution in [0.25, 0.3) is 0 Å². The molecule has 1 saturated carbocycles. The van der Waals surface area contributed by atoms with Gasteiger partial charge in [0.1, 0.15) is 5.75 Å². The van der Waals surface area contributed by atoms with Crippen LogP contribution in [0.4, 0.5) is 0 Å². The SMILES string of the molecule is CCC1COc2ccc(CNS(=O)(=O)CC3CC3)cc2C1Cc1ccccc1. The Hall–Kier alpha value is -1.85. The number of ether oxygens (including phenoxy) is 1. The summed E-state index contributed by atoms with van der Waals surface area (Å²) in [4.78, 5) is 0. The topological polar surface area (TPSA) is 55.4 Å². The summed E-state index contributed by atoms with van der Waals surface area (Å²) in [6.07, 6.45) is 4.12. The lowest BCUT2D eigenvalue weighted by atomic mass is 9.78. The van der Waals surface area contributed by atoms with Crippen molar-refractivity contribution in [3.8, 4) is 5.75 Å². The van der Waals surface area contributed by atoms with Gasteiger partial charge in [-0.05, 0) is 60.3 Å². The zero-order valence-corrected chi connectivity index (χ0v) is 17.3. The lowest BCUT2D eigenvalue weighted by Gasteiger charge is -2.34. The molecule has 0 radical (unpaired) electrons. The second-order valence-electron chi connectivity index (χ2n) is 8.19. The van der Waals surface area contributed by atoms with Gasteiger partial charge in [0.05, 0.1) is 12.4 Å². The first kappa shape index (κ1) is 19.5. The molecule has 1 fully saturated rings. The number of sulfonamides is 1. The summed E-state index contributed by atoms with van der Waals surface area (Å²) in [6, 6.07) is 16.7. The van der Waals surface area contributed by atoms with E-state index in [-0.39, 0.29) is 5.75 Å². The molecular formula is C23H29NO3S. The maximum absolute atomic E-state index is 12.2. The van der Waals surface area contributed by atoms with E-state index in [1.54, 1.807) is 0 Å². The van der Waals surface area contributed by atoms with Gasteiger partial charge in [-0.25, -0.2) is 13.1 Å². The standard InChI is InChI=1S/C23H29NO3S/c1-2-20-15-27-23-11-10-19(14-24-28(25,26)16-18-8-9-18)13-22(23)21(20)12-17-6-4-3-5-7-17/h3-7,10-11,13,18,20-21,24H,2,8-9,12,14-16H2,1H3. The third-order valence-electron chi connectivity index (χ3n) is 5.97. The molecule has 150 valence electrons. The van der Waals surface area contributed by atoms with Crippen molar-refractivity contribution in [2.24, 2.45) is 11.8 Å². The largest absolute Gasteiger partial charge is 0.493 e. The van der Waals surface area contributed by atoms with E-state index in [1.807, 2.05) is 18.2 Å². The molecule has 0 saturated heterocycles. The fraction of sp³-hybridized carbons (Fsp3) is 0.478. The van der Waals surface area contributed by atoms with Crippen LogP contribution in [-0.4, -0.2) is 20.8 Å². The minimum absolute atomic E-state index is 0.260. The molecule has 0 aromatic heterocycles. The Morgan fingerprint density at radius 1 is 1.07 bits per heavy atom. The van der Waals surface area contributed by atoms with Crippen LogP contribution >= 0.6 is 0 Å². The minimum Gasteiger partial charge on any atom is -0.493 e. The van der Waals surface area contributed by atoms with Crippen LogP contribution in [0.3, 0.4) is 0 Å². The van der Waals surface area contributed by atoms with Crippen molar-refractivity contribution in [1.29, 1.82) is 0 Å². The number of fused-ring (bicyclic) bond motifs is 1.